The van der Waals surface area contributed by atoms with Crippen LogP contribution in [0.4, 0.5) is 5.69 Å². The van der Waals surface area contributed by atoms with Crippen molar-refractivity contribution in [3.05, 3.63) is 83.9 Å². The Morgan fingerprint density at radius 1 is 0.852 bits per heavy atom. The zero-order chi connectivity index (χ0) is 19.1. The molecular weight excluding hydrogens is 342 g/mol. The van der Waals surface area contributed by atoms with Gasteiger partial charge < -0.3 is 19.5 Å². The van der Waals surface area contributed by atoms with Crippen molar-refractivity contribution in [3.63, 3.8) is 0 Å². The molecule has 0 atom stereocenters. The van der Waals surface area contributed by atoms with Crippen molar-refractivity contribution in [1.29, 1.82) is 0 Å². The van der Waals surface area contributed by atoms with Gasteiger partial charge in [-0.3, -0.25) is 4.79 Å². The normalized spacial score (nSPS) is 10.1. The molecule has 138 valence electrons. The van der Waals surface area contributed by atoms with Crippen LogP contribution in [0, 0.1) is 0 Å². The molecule has 0 spiro atoms. The number of ether oxygens (including phenoxy) is 3. The number of carbonyl (C=O) groups is 1. The highest BCUT2D eigenvalue weighted by Gasteiger charge is 2.11. The summed E-state index contributed by atoms with van der Waals surface area (Å²) in [7, 11) is 3.12. The number of methoxy groups -OCH3 is 2. The highest BCUT2D eigenvalue weighted by atomic mass is 16.5. The topological polar surface area (TPSA) is 56.8 Å². The van der Waals surface area contributed by atoms with E-state index < -0.39 is 0 Å². The van der Waals surface area contributed by atoms with Crippen molar-refractivity contribution in [2.24, 2.45) is 0 Å². The molecule has 0 fully saturated rings. The fraction of sp³-hybridized carbons (Fsp3) is 0.136. The summed E-state index contributed by atoms with van der Waals surface area (Å²) in [6, 6.07) is 22.2. The van der Waals surface area contributed by atoms with Crippen LogP contribution in [0.2, 0.25) is 0 Å². The van der Waals surface area contributed by atoms with Crippen molar-refractivity contribution in [2.75, 3.05) is 19.5 Å². The largest absolute Gasteiger partial charge is 0.497 e. The third-order valence-corrected chi connectivity index (χ3v) is 4.00. The average molecular weight is 363 g/mol. The average Bonchev–Trinajstić information content (AvgIpc) is 2.73. The molecule has 0 heterocycles. The quantitative estimate of drug-likeness (QED) is 0.670. The molecule has 0 aliphatic heterocycles. The van der Waals surface area contributed by atoms with Gasteiger partial charge in [-0.25, -0.2) is 0 Å². The SMILES string of the molecule is COc1ccc(NC(=O)c2cccc(OCc3ccccc3)c2)c(OC)c1. The summed E-state index contributed by atoms with van der Waals surface area (Å²) in [4.78, 5) is 12.6. The Bertz CT molecular complexity index is 909. The molecule has 0 bridgehead atoms. The van der Waals surface area contributed by atoms with E-state index in [2.05, 4.69) is 5.32 Å². The van der Waals surface area contributed by atoms with Crippen LogP contribution in [0.1, 0.15) is 15.9 Å². The van der Waals surface area contributed by atoms with E-state index in [0.29, 0.717) is 35.1 Å². The van der Waals surface area contributed by atoms with Gasteiger partial charge in [-0.05, 0) is 35.9 Å². The van der Waals surface area contributed by atoms with E-state index in [-0.39, 0.29) is 5.91 Å². The Morgan fingerprint density at radius 3 is 2.41 bits per heavy atom. The van der Waals surface area contributed by atoms with Crippen molar-refractivity contribution in [2.45, 2.75) is 6.61 Å². The lowest BCUT2D eigenvalue weighted by Crippen LogP contribution is -2.12. The van der Waals surface area contributed by atoms with Gasteiger partial charge in [-0.1, -0.05) is 36.4 Å². The van der Waals surface area contributed by atoms with Gasteiger partial charge in [0.1, 0.15) is 23.9 Å². The molecule has 0 radical (unpaired) electrons. The summed E-state index contributed by atoms with van der Waals surface area (Å²) in [5, 5.41) is 2.86. The van der Waals surface area contributed by atoms with Crippen LogP contribution in [-0.4, -0.2) is 20.1 Å². The van der Waals surface area contributed by atoms with Crippen molar-refractivity contribution >= 4 is 11.6 Å². The molecule has 1 N–H and O–H groups in total. The third kappa shape index (κ3) is 4.79. The molecule has 27 heavy (non-hydrogen) atoms. The first-order valence-corrected chi connectivity index (χ1v) is 8.50. The fourth-order valence-electron chi connectivity index (χ4n) is 2.56. The van der Waals surface area contributed by atoms with Gasteiger partial charge in [0.05, 0.1) is 19.9 Å². The molecule has 0 aliphatic rings. The number of nitrogens with one attached hydrogen (secondary N) is 1. The molecule has 0 saturated carbocycles. The monoisotopic (exact) mass is 363 g/mol. The van der Waals surface area contributed by atoms with Crippen LogP contribution in [0.15, 0.2) is 72.8 Å². The molecule has 0 unspecified atom stereocenters. The number of carbonyl (C=O) groups excluding carboxylic acids is 1. The van der Waals surface area contributed by atoms with Gasteiger partial charge >= 0.3 is 0 Å². The summed E-state index contributed by atoms with van der Waals surface area (Å²) < 4.78 is 16.3. The number of rotatable bonds is 7. The molecule has 0 aliphatic carbocycles. The van der Waals surface area contributed by atoms with Crippen molar-refractivity contribution in [3.8, 4) is 17.2 Å². The minimum atomic E-state index is -0.247. The lowest BCUT2D eigenvalue weighted by Gasteiger charge is -2.12. The van der Waals surface area contributed by atoms with Gasteiger partial charge in [0.15, 0.2) is 0 Å². The van der Waals surface area contributed by atoms with E-state index in [4.69, 9.17) is 14.2 Å². The molecule has 0 aromatic heterocycles. The highest BCUT2D eigenvalue weighted by Crippen LogP contribution is 2.29. The first kappa shape index (κ1) is 18.3. The van der Waals surface area contributed by atoms with Gasteiger partial charge in [0.25, 0.3) is 5.91 Å². The highest BCUT2D eigenvalue weighted by molar-refractivity contribution is 6.05. The predicted octanol–water partition coefficient (Wildman–Crippen LogP) is 4.54. The van der Waals surface area contributed by atoms with E-state index in [0.717, 1.165) is 5.56 Å². The predicted molar refractivity (Wildman–Crippen MR) is 105 cm³/mol. The zero-order valence-electron chi connectivity index (χ0n) is 15.3. The summed E-state index contributed by atoms with van der Waals surface area (Å²) in [5.74, 6) is 1.57. The number of amides is 1. The minimum absolute atomic E-state index is 0.247. The van der Waals surface area contributed by atoms with Gasteiger partial charge in [0, 0.05) is 11.6 Å². The molecule has 0 saturated heterocycles. The second-order valence-corrected chi connectivity index (χ2v) is 5.82. The number of hydrogen-bond acceptors (Lipinski definition) is 4. The smallest absolute Gasteiger partial charge is 0.255 e. The lowest BCUT2D eigenvalue weighted by atomic mass is 10.2. The van der Waals surface area contributed by atoms with Gasteiger partial charge in [-0.15, -0.1) is 0 Å². The zero-order valence-corrected chi connectivity index (χ0v) is 15.3. The second kappa shape index (κ2) is 8.76. The Balaban J connectivity index is 1.70. The maximum absolute atomic E-state index is 12.6. The van der Waals surface area contributed by atoms with Crippen LogP contribution in [-0.2, 0) is 6.61 Å². The van der Waals surface area contributed by atoms with Gasteiger partial charge in [-0.2, -0.15) is 0 Å². The Morgan fingerprint density at radius 2 is 1.67 bits per heavy atom. The lowest BCUT2D eigenvalue weighted by molar-refractivity contribution is 0.102. The number of hydrogen-bond donors (Lipinski definition) is 1. The molecule has 3 aromatic rings. The van der Waals surface area contributed by atoms with Crippen molar-refractivity contribution in [1.82, 2.24) is 0 Å². The number of anilines is 1. The van der Waals surface area contributed by atoms with Crippen LogP contribution in [0.3, 0.4) is 0 Å². The summed E-state index contributed by atoms with van der Waals surface area (Å²) in [6.45, 7) is 0.443. The Kier molecular flexibility index (Phi) is 5.94. The van der Waals surface area contributed by atoms with Gasteiger partial charge in [0.2, 0.25) is 0 Å². The molecule has 5 heteroatoms. The fourth-order valence-corrected chi connectivity index (χ4v) is 2.56. The minimum Gasteiger partial charge on any atom is -0.497 e. The van der Waals surface area contributed by atoms with Crippen LogP contribution >= 0.6 is 0 Å². The molecule has 3 aromatic carbocycles. The third-order valence-electron chi connectivity index (χ3n) is 4.00. The maximum Gasteiger partial charge on any atom is 0.255 e. The second-order valence-electron chi connectivity index (χ2n) is 5.82. The van der Waals surface area contributed by atoms with E-state index in [9.17, 15) is 4.79 Å². The van der Waals surface area contributed by atoms with E-state index in [1.165, 1.54) is 0 Å². The summed E-state index contributed by atoms with van der Waals surface area (Å²) in [5.41, 5.74) is 2.13. The summed E-state index contributed by atoms with van der Waals surface area (Å²) in [6.07, 6.45) is 0. The van der Waals surface area contributed by atoms with Crippen LogP contribution in [0.25, 0.3) is 0 Å². The molecule has 1 amide bonds. The first-order chi connectivity index (χ1) is 13.2. The van der Waals surface area contributed by atoms with Crippen molar-refractivity contribution < 1.29 is 19.0 Å². The standard InChI is InChI=1S/C22H21NO4/c1-25-18-11-12-20(21(14-18)26-2)23-22(24)17-9-6-10-19(13-17)27-15-16-7-4-3-5-8-16/h3-14H,15H2,1-2H3,(H,23,24). The van der Waals surface area contributed by atoms with E-state index in [1.807, 2.05) is 36.4 Å². The maximum atomic E-state index is 12.6. The number of benzene rings is 3. The molecule has 5 nitrogen and oxygen atoms in total. The first-order valence-electron chi connectivity index (χ1n) is 8.50. The molecule has 3 rings (SSSR count). The van der Waals surface area contributed by atoms with E-state index in [1.54, 1.807) is 50.6 Å². The van der Waals surface area contributed by atoms with E-state index >= 15 is 0 Å². The Hall–Kier alpha value is -3.47. The molecular formula is C22H21NO4. The Labute approximate surface area is 158 Å². The summed E-state index contributed by atoms with van der Waals surface area (Å²) >= 11 is 0. The van der Waals surface area contributed by atoms with Crippen LogP contribution < -0.4 is 19.5 Å². The van der Waals surface area contributed by atoms with Crippen LogP contribution in [0.5, 0.6) is 17.2 Å².